The molecule has 1 aliphatic carbocycles. The van der Waals surface area contributed by atoms with Crippen LogP contribution in [0.1, 0.15) is 30.7 Å². The van der Waals surface area contributed by atoms with Crippen LogP contribution in [-0.4, -0.2) is 19.0 Å². The van der Waals surface area contributed by atoms with Gasteiger partial charge in [0.1, 0.15) is 0 Å². The maximum Gasteiger partial charge on any atom is 0.223 e. The van der Waals surface area contributed by atoms with Gasteiger partial charge in [-0.3, -0.25) is 4.79 Å². The van der Waals surface area contributed by atoms with Crippen molar-refractivity contribution in [3.8, 4) is 0 Å². The third-order valence-electron chi connectivity index (χ3n) is 3.44. The highest BCUT2D eigenvalue weighted by molar-refractivity contribution is 5.82. The average molecular weight is 268 g/mol. The summed E-state index contributed by atoms with van der Waals surface area (Å²) >= 11 is 0. The van der Waals surface area contributed by atoms with E-state index in [2.05, 4.69) is 5.32 Å². The first-order valence-corrected chi connectivity index (χ1v) is 6.57. The van der Waals surface area contributed by atoms with Crippen LogP contribution in [0.2, 0.25) is 0 Å². The van der Waals surface area contributed by atoms with Gasteiger partial charge in [-0.1, -0.05) is 12.1 Å². The molecule has 104 valence electrons. The number of amides is 1. The summed E-state index contributed by atoms with van der Waals surface area (Å²) in [7, 11) is 0. The van der Waals surface area contributed by atoms with E-state index in [-0.39, 0.29) is 17.7 Å². The molecule has 1 aromatic carbocycles. The summed E-state index contributed by atoms with van der Waals surface area (Å²) in [6.07, 6.45) is 2.30. The van der Waals surface area contributed by atoms with Gasteiger partial charge in [-0.15, -0.1) is 0 Å². The van der Waals surface area contributed by atoms with Crippen molar-refractivity contribution in [2.45, 2.75) is 25.2 Å². The van der Waals surface area contributed by atoms with Gasteiger partial charge in [-0.25, -0.2) is 8.78 Å². The predicted molar refractivity (Wildman–Crippen MR) is 68.5 cm³/mol. The van der Waals surface area contributed by atoms with Crippen LogP contribution < -0.4 is 11.1 Å². The molecule has 1 amide bonds. The first-order valence-electron chi connectivity index (χ1n) is 6.57. The summed E-state index contributed by atoms with van der Waals surface area (Å²) in [5, 5.41) is 2.80. The van der Waals surface area contributed by atoms with E-state index >= 15 is 0 Å². The van der Waals surface area contributed by atoms with Gasteiger partial charge in [0.2, 0.25) is 5.91 Å². The molecular formula is C14H18F2N2O. The summed E-state index contributed by atoms with van der Waals surface area (Å²) in [6.45, 7) is 1.20. The number of carbonyl (C=O) groups is 1. The van der Waals surface area contributed by atoms with Crippen LogP contribution in [0.4, 0.5) is 8.78 Å². The van der Waals surface area contributed by atoms with Gasteiger partial charge >= 0.3 is 0 Å². The molecule has 1 fully saturated rings. The summed E-state index contributed by atoms with van der Waals surface area (Å²) in [4.78, 5) is 11.8. The van der Waals surface area contributed by atoms with Gasteiger partial charge in [-0.05, 0) is 43.4 Å². The molecule has 1 aromatic rings. The van der Waals surface area contributed by atoms with Crippen molar-refractivity contribution < 1.29 is 13.6 Å². The maximum absolute atomic E-state index is 13.6. The molecule has 0 heterocycles. The second-order valence-electron chi connectivity index (χ2n) is 4.88. The molecule has 3 nitrogen and oxygen atoms in total. The lowest BCUT2D eigenvalue weighted by molar-refractivity contribution is -0.122. The maximum atomic E-state index is 13.6. The Bertz CT molecular complexity index is 465. The van der Waals surface area contributed by atoms with Gasteiger partial charge in [0.05, 0.1) is 0 Å². The number of benzene rings is 1. The van der Waals surface area contributed by atoms with Gasteiger partial charge in [0.25, 0.3) is 0 Å². The van der Waals surface area contributed by atoms with Crippen LogP contribution in [-0.2, 0) is 4.79 Å². The van der Waals surface area contributed by atoms with Crippen molar-refractivity contribution >= 4 is 5.91 Å². The van der Waals surface area contributed by atoms with Gasteiger partial charge in [0.15, 0.2) is 11.6 Å². The fourth-order valence-corrected chi connectivity index (χ4v) is 2.25. The predicted octanol–water partition coefficient (Wildman–Crippen LogP) is 1.92. The van der Waals surface area contributed by atoms with Crippen molar-refractivity contribution in [1.29, 1.82) is 0 Å². The number of hydrogen-bond donors (Lipinski definition) is 2. The van der Waals surface area contributed by atoms with Gasteiger partial charge < -0.3 is 11.1 Å². The number of halogens is 2. The van der Waals surface area contributed by atoms with Crippen LogP contribution in [0.5, 0.6) is 0 Å². The van der Waals surface area contributed by atoms with Crippen LogP contribution in [0.15, 0.2) is 18.2 Å². The zero-order valence-electron chi connectivity index (χ0n) is 10.7. The minimum Gasteiger partial charge on any atom is -0.356 e. The number of nitrogens with two attached hydrogens (primary N) is 1. The van der Waals surface area contributed by atoms with E-state index in [0.29, 0.717) is 25.1 Å². The van der Waals surface area contributed by atoms with Crippen molar-refractivity contribution in [1.82, 2.24) is 5.32 Å². The Morgan fingerprint density at radius 2 is 2.16 bits per heavy atom. The number of carbonyl (C=O) groups excluding carboxylic acids is 1. The normalized spacial score (nSPS) is 21.2. The second-order valence-corrected chi connectivity index (χ2v) is 4.88. The number of rotatable bonds is 6. The summed E-state index contributed by atoms with van der Waals surface area (Å²) in [5.74, 6) is -2.18. The van der Waals surface area contributed by atoms with E-state index in [9.17, 15) is 13.6 Å². The van der Waals surface area contributed by atoms with Crippen LogP contribution in [0.25, 0.3) is 0 Å². The minimum atomic E-state index is -0.855. The molecule has 19 heavy (non-hydrogen) atoms. The Kier molecular flexibility index (Phi) is 4.47. The fraction of sp³-hybridized carbons (Fsp3) is 0.500. The standard InChI is InChI=1S/C14H18F2N2O/c15-12-5-3-4-9(13(12)16)10-8-11(10)14(19)18-7-2-1-6-17/h3-5,10-11H,1-2,6-8,17H2,(H,18,19). The Hall–Kier alpha value is -1.49. The minimum absolute atomic E-state index is 0.0781. The topological polar surface area (TPSA) is 55.1 Å². The summed E-state index contributed by atoms with van der Waals surface area (Å²) in [5.41, 5.74) is 5.66. The van der Waals surface area contributed by atoms with Crippen LogP contribution in [0.3, 0.4) is 0 Å². The number of hydrogen-bond acceptors (Lipinski definition) is 2. The van der Waals surface area contributed by atoms with Crippen molar-refractivity contribution in [2.24, 2.45) is 11.7 Å². The molecule has 5 heteroatoms. The molecule has 0 saturated heterocycles. The zero-order valence-corrected chi connectivity index (χ0v) is 10.7. The van der Waals surface area contributed by atoms with Crippen molar-refractivity contribution in [3.63, 3.8) is 0 Å². The molecule has 0 bridgehead atoms. The zero-order chi connectivity index (χ0) is 13.8. The highest BCUT2D eigenvalue weighted by Gasteiger charge is 2.45. The Morgan fingerprint density at radius 1 is 1.37 bits per heavy atom. The SMILES string of the molecule is NCCCCNC(=O)C1CC1c1cccc(F)c1F. The monoisotopic (exact) mass is 268 g/mol. The molecule has 0 aliphatic heterocycles. The molecule has 2 atom stereocenters. The number of unbranched alkanes of at least 4 members (excludes halogenated alkanes) is 1. The van der Waals surface area contributed by atoms with Crippen molar-refractivity contribution in [3.05, 3.63) is 35.4 Å². The van der Waals surface area contributed by atoms with E-state index in [0.717, 1.165) is 18.9 Å². The Labute approximate surface area is 111 Å². The lowest BCUT2D eigenvalue weighted by Crippen LogP contribution is -2.26. The van der Waals surface area contributed by atoms with Crippen molar-refractivity contribution in [2.75, 3.05) is 13.1 Å². The quantitative estimate of drug-likeness (QED) is 0.774. The molecular weight excluding hydrogens is 250 g/mol. The Morgan fingerprint density at radius 3 is 2.89 bits per heavy atom. The second kappa shape index (κ2) is 6.10. The third-order valence-corrected chi connectivity index (χ3v) is 3.44. The van der Waals surface area contributed by atoms with Crippen LogP contribution >= 0.6 is 0 Å². The molecule has 2 rings (SSSR count). The lowest BCUT2D eigenvalue weighted by Gasteiger charge is -2.05. The first-order chi connectivity index (χ1) is 9.15. The average Bonchev–Trinajstić information content (AvgIpc) is 3.18. The number of nitrogens with one attached hydrogen (secondary N) is 1. The molecule has 0 radical (unpaired) electrons. The van der Waals surface area contributed by atoms with Gasteiger partial charge in [0, 0.05) is 12.5 Å². The first kappa shape index (κ1) is 13.9. The highest BCUT2D eigenvalue weighted by atomic mass is 19.2. The van der Waals surface area contributed by atoms with E-state index in [1.54, 1.807) is 6.07 Å². The molecule has 1 aliphatic rings. The molecule has 0 spiro atoms. The fourth-order valence-electron chi connectivity index (χ4n) is 2.25. The van der Waals surface area contributed by atoms with Crippen LogP contribution in [0, 0.1) is 17.6 Å². The molecule has 0 aromatic heterocycles. The smallest absolute Gasteiger partial charge is 0.223 e. The van der Waals surface area contributed by atoms with Gasteiger partial charge in [-0.2, -0.15) is 0 Å². The molecule has 2 unspecified atom stereocenters. The van der Waals surface area contributed by atoms with E-state index in [4.69, 9.17) is 5.73 Å². The van der Waals surface area contributed by atoms with E-state index < -0.39 is 11.6 Å². The highest BCUT2D eigenvalue weighted by Crippen LogP contribution is 2.48. The third kappa shape index (κ3) is 3.29. The van der Waals surface area contributed by atoms with E-state index in [1.165, 1.54) is 6.07 Å². The Balaban J connectivity index is 1.86. The summed E-state index contributed by atoms with van der Waals surface area (Å²) in [6, 6.07) is 4.11. The molecule has 1 saturated carbocycles. The molecule has 3 N–H and O–H groups in total. The lowest BCUT2D eigenvalue weighted by atomic mass is 10.1. The van der Waals surface area contributed by atoms with E-state index in [1.807, 2.05) is 0 Å². The summed E-state index contributed by atoms with van der Waals surface area (Å²) < 4.78 is 26.7. The largest absolute Gasteiger partial charge is 0.356 e.